The van der Waals surface area contributed by atoms with Crippen LogP contribution in [0.2, 0.25) is 0 Å². The fourth-order valence-electron chi connectivity index (χ4n) is 4.88. The average Bonchev–Trinajstić information content (AvgIpc) is 3.65. The summed E-state index contributed by atoms with van der Waals surface area (Å²) < 4.78 is 3.56. The molecule has 0 aromatic carbocycles. The molecule has 0 saturated carbocycles. The van der Waals surface area contributed by atoms with Gasteiger partial charge < -0.3 is 9.88 Å². The van der Waals surface area contributed by atoms with E-state index in [1.54, 1.807) is 23.2 Å². The Kier molecular flexibility index (Phi) is 4.28. The second kappa shape index (κ2) is 7.63. The van der Waals surface area contributed by atoms with Crippen LogP contribution in [0.4, 0.5) is 0 Å². The van der Waals surface area contributed by atoms with Gasteiger partial charge in [0.1, 0.15) is 6.04 Å². The minimum absolute atomic E-state index is 0.0960. The minimum atomic E-state index is -0.389. The van der Waals surface area contributed by atoms with Gasteiger partial charge in [0.25, 0.3) is 5.91 Å². The van der Waals surface area contributed by atoms with E-state index in [9.17, 15) is 4.79 Å². The zero-order valence-electron chi connectivity index (χ0n) is 18.6. The van der Waals surface area contributed by atoms with Gasteiger partial charge in [-0.2, -0.15) is 10.2 Å². The first-order chi connectivity index (χ1) is 17.3. The Hall–Kier alpha value is -4.79. The third-order valence-corrected chi connectivity index (χ3v) is 6.56. The Morgan fingerprint density at radius 2 is 1.97 bits per heavy atom. The van der Waals surface area contributed by atoms with Crippen LogP contribution < -0.4 is 0 Å². The van der Waals surface area contributed by atoms with Crippen LogP contribution in [0.3, 0.4) is 0 Å². The highest BCUT2D eigenvalue weighted by Gasteiger charge is 2.37. The van der Waals surface area contributed by atoms with Gasteiger partial charge in [-0.25, -0.2) is 14.0 Å². The molecule has 35 heavy (non-hydrogen) atoms. The number of carbonyl (C=O) groups is 1. The van der Waals surface area contributed by atoms with E-state index >= 15 is 0 Å². The molecule has 1 aliphatic rings. The number of aromatic amines is 1. The Bertz CT molecular complexity index is 1660. The van der Waals surface area contributed by atoms with Gasteiger partial charge in [-0.15, -0.1) is 0 Å². The fourth-order valence-corrected chi connectivity index (χ4v) is 4.88. The number of aromatic nitrogens is 7. The van der Waals surface area contributed by atoms with E-state index in [0.29, 0.717) is 18.5 Å². The van der Waals surface area contributed by atoms with E-state index in [4.69, 9.17) is 5.10 Å². The number of hydrogen-bond acceptors (Lipinski definition) is 5. The van der Waals surface area contributed by atoms with Gasteiger partial charge in [0.15, 0.2) is 0 Å². The van der Waals surface area contributed by atoms with Crippen molar-refractivity contribution in [3.8, 4) is 11.3 Å². The summed E-state index contributed by atoms with van der Waals surface area (Å²) in [6.07, 6.45) is 9.60. The largest absolute Gasteiger partial charge is 0.348 e. The molecule has 0 saturated heterocycles. The van der Waals surface area contributed by atoms with Crippen LogP contribution in [-0.2, 0) is 6.42 Å². The Labute approximate surface area is 199 Å². The number of hydrogen-bond donors (Lipinski definition) is 1. The summed E-state index contributed by atoms with van der Waals surface area (Å²) in [5.74, 6) is -0.0960. The molecule has 0 unspecified atom stereocenters. The molecule has 170 valence electrons. The molecule has 6 aromatic rings. The maximum Gasteiger partial charge on any atom is 0.258 e. The lowest BCUT2D eigenvalue weighted by molar-refractivity contribution is 0.0689. The van der Waals surface area contributed by atoms with E-state index in [1.807, 2.05) is 76.4 Å². The van der Waals surface area contributed by atoms with E-state index in [-0.39, 0.29) is 11.9 Å². The van der Waals surface area contributed by atoms with Crippen molar-refractivity contribution in [2.45, 2.75) is 12.5 Å². The van der Waals surface area contributed by atoms with E-state index in [1.165, 1.54) is 0 Å². The van der Waals surface area contributed by atoms with Crippen molar-refractivity contribution in [1.29, 1.82) is 0 Å². The highest BCUT2D eigenvalue weighted by atomic mass is 16.2. The third kappa shape index (κ3) is 3.12. The lowest BCUT2D eigenvalue weighted by Crippen LogP contribution is -2.41. The zero-order valence-corrected chi connectivity index (χ0v) is 18.6. The summed E-state index contributed by atoms with van der Waals surface area (Å²) in [5.41, 5.74) is 6.70. The van der Waals surface area contributed by atoms with Crippen molar-refractivity contribution >= 4 is 16.9 Å². The first kappa shape index (κ1) is 19.7. The molecular weight excluding hydrogens is 440 g/mol. The fraction of sp³-hybridized carbons (Fsp3) is 0.115. The molecule has 1 aliphatic heterocycles. The Morgan fingerprint density at radius 1 is 1.03 bits per heavy atom. The van der Waals surface area contributed by atoms with Gasteiger partial charge in [-0.1, -0.05) is 12.1 Å². The van der Waals surface area contributed by atoms with Crippen LogP contribution in [-0.4, -0.2) is 51.5 Å². The van der Waals surface area contributed by atoms with Crippen LogP contribution in [0.25, 0.3) is 22.3 Å². The summed E-state index contributed by atoms with van der Waals surface area (Å²) in [5, 5.41) is 9.26. The number of imidazole rings is 1. The molecule has 0 fully saturated rings. The molecule has 1 amide bonds. The maximum atomic E-state index is 13.9. The van der Waals surface area contributed by atoms with Crippen molar-refractivity contribution in [3.63, 3.8) is 0 Å². The first-order valence-electron chi connectivity index (χ1n) is 11.4. The van der Waals surface area contributed by atoms with Gasteiger partial charge in [0.2, 0.25) is 0 Å². The molecule has 0 aliphatic carbocycles. The molecule has 9 heteroatoms. The number of fused-ring (bicyclic) bond motifs is 3. The molecular formula is C26H20N8O. The van der Waals surface area contributed by atoms with Gasteiger partial charge in [-0.3, -0.25) is 9.78 Å². The van der Waals surface area contributed by atoms with Crippen molar-refractivity contribution in [3.05, 3.63) is 108 Å². The highest BCUT2D eigenvalue weighted by molar-refractivity contribution is 6.01. The summed E-state index contributed by atoms with van der Waals surface area (Å²) in [4.78, 5) is 28.0. The monoisotopic (exact) mass is 460 g/mol. The summed E-state index contributed by atoms with van der Waals surface area (Å²) in [7, 11) is 0. The number of rotatable bonds is 3. The lowest BCUT2D eigenvalue weighted by atomic mass is 9.98. The molecule has 0 bridgehead atoms. The molecule has 7 heterocycles. The van der Waals surface area contributed by atoms with Gasteiger partial charge >= 0.3 is 0 Å². The quantitative estimate of drug-likeness (QED) is 0.436. The number of nitrogens with zero attached hydrogens (tertiary/aromatic N) is 7. The second-order valence-electron chi connectivity index (χ2n) is 8.58. The van der Waals surface area contributed by atoms with Crippen molar-refractivity contribution in [1.82, 2.24) is 39.1 Å². The van der Waals surface area contributed by atoms with Crippen LogP contribution >= 0.6 is 0 Å². The normalized spacial score (nSPS) is 15.5. The summed E-state index contributed by atoms with van der Waals surface area (Å²) in [6.45, 7) is 0.552. The molecule has 6 aromatic heterocycles. The molecule has 7 rings (SSSR count). The highest BCUT2D eigenvalue weighted by Crippen LogP contribution is 2.35. The Balaban J connectivity index is 1.30. The average molecular weight is 461 g/mol. The SMILES string of the molecule is O=C(c1cnn2cc(-c3ccccn3)ccc12)N1CCc2[nH]cnc2[C@H]1c1cc2ccccn2n1. The number of nitrogens with one attached hydrogen (secondary N) is 1. The Morgan fingerprint density at radius 3 is 2.86 bits per heavy atom. The van der Waals surface area contributed by atoms with Gasteiger partial charge in [-0.05, 0) is 42.5 Å². The predicted octanol–water partition coefficient (Wildman–Crippen LogP) is 3.56. The summed E-state index contributed by atoms with van der Waals surface area (Å²) in [6, 6.07) is 17.2. The predicted molar refractivity (Wildman–Crippen MR) is 129 cm³/mol. The van der Waals surface area contributed by atoms with E-state index in [2.05, 4.69) is 20.1 Å². The number of carbonyl (C=O) groups excluding carboxylic acids is 1. The van der Waals surface area contributed by atoms with Crippen LogP contribution in [0.5, 0.6) is 0 Å². The topological polar surface area (TPSA) is 96.5 Å². The van der Waals surface area contributed by atoms with Crippen LogP contribution in [0.1, 0.15) is 33.5 Å². The maximum absolute atomic E-state index is 13.9. The standard InChI is InChI=1S/C26H20N8O/c35-26(19-14-30-34-15-17(7-8-23(19)34)20-6-1-3-10-27-20)32-12-9-21-24(29-16-28-21)25(32)22-13-18-5-2-4-11-33(18)31-22/h1-8,10-11,13-16,25H,9,12H2,(H,28,29)/t25-/m1/s1. The third-order valence-electron chi connectivity index (χ3n) is 6.56. The zero-order chi connectivity index (χ0) is 23.4. The van der Waals surface area contributed by atoms with Crippen LogP contribution in [0, 0.1) is 0 Å². The van der Waals surface area contributed by atoms with Crippen molar-refractivity contribution < 1.29 is 4.79 Å². The van der Waals surface area contributed by atoms with Gasteiger partial charge in [0, 0.05) is 42.8 Å². The lowest BCUT2D eigenvalue weighted by Gasteiger charge is -2.33. The molecule has 9 nitrogen and oxygen atoms in total. The molecule has 1 N–H and O–H groups in total. The first-order valence-corrected chi connectivity index (χ1v) is 11.4. The smallest absolute Gasteiger partial charge is 0.258 e. The van der Waals surface area contributed by atoms with Crippen molar-refractivity contribution in [2.24, 2.45) is 0 Å². The van der Waals surface area contributed by atoms with E-state index in [0.717, 1.165) is 39.4 Å². The van der Waals surface area contributed by atoms with E-state index < -0.39 is 0 Å². The number of pyridine rings is 3. The minimum Gasteiger partial charge on any atom is -0.348 e. The van der Waals surface area contributed by atoms with Gasteiger partial charge in [0.05, 0.1) is 46.2 Å². The molecule has 1 atom stereocenters. The summed E-state index contributed by atoms with van der Waals surface area (Å²) >= 11 is 0. The second-order valence-corrected chi connectivity index (χ2v) is 8.58. The number of H-pyrrole nitrogens is 1. The molecule has 0 spiro atoms. The molecule has 0 radical (unpaired) electrons. The van der Waals surface area contributed by atoms with Crippen LogP contribution in [0.15, 0.2) is 85.7 Å². The van der Waals surface area contributed by atoms with Crippen molar-refractivity contribution in [2.75, 3.05) is 6.54 Å². The number of amides is 1.